The van der Waals surface area contributed by atoms with Crippen molar-refractivity contribution in [3.63, 3.8) is 0 Å². The van der Waals surface area contributed by atoms with E-state index in [1.807, 2.05) is 18.2 Å². The molecule has 0 saturated carbocycles. The van der Waals surface area contributed by atoms with Crippen molar-refractivity contribution in [1.29, 1.82) is 0 Å². The maximum atomic E-state index is 12.1. The molecule has 1 heterocycles. The van der Waals surface area contributed by atoms with Gasteiger partial charge in [0.1, 0.15) is 18.1 Å². The molecule has 0 unspecified atom stereocenters. The normalized spacial score (nSPS) is 11.9. The van der Waals surface area contributed by atoms with E-state index < -0.39 is 0 Å². The summed E-state index contributed by atoms with van der Waals surface area (Å²) in [4.78, 5) is 12.1. The summed E-state index contributed by atoms with van der Waals surface area (Å²) in [5.41, 5.74) is 0.593. The molecule has 1 N–H and O–H groups in total. The minimum atomic E-state index is -0.139. The fourth-order valence-corrected chi connectivity index (χ4v) is 2.44. The molecule has 1 aliphatic rings. The van der Waals surface area contributed by atoms with Crippen LogP contribution < -0.4 is 24.3 Å². The summed E-state index contributed by atoms with van der Waals surface area (Å²) in [7, 11) is 0. The van der Waals surface area contributed by atoms with Gasteiger partial charge in [0.2, 0.25) is 6.79 Å². The van der Waals surface area contributed by atoms with Gasteiger partial charge in [0.25, 0.3) is 5.91 Å². The Bertz CT molecular complexity index is 729. The van der Waals surface area contributed by atoms with Gasteiger partial charge < -0.3 is 24.3 Å². The predicted octanol–water partition coefficient (Wildman–Crippen LogP) is 3.40. The molecule has 1 aliphatic heterocycles. The van der Waals surface area contributed by atoms with E-state index in [0.717, 1.165) is 18.6 Å². The van der Waals surface area contributed by atoms with Crippen molar-refractivity contribution in [3.05, 3.63) is 48.0 Å². The van der Waals surface area contributed by atoms with Crippen molar-refractivity contribution >= 4 is 5.91 Å². The summed E-state index contributed by atoms with van der Waals surface area (Å²) < 4.78 is 21.8. The maximum Gasteiger partial charge on any atom is 0.251 e. The van der Waals surface area contributed by atoms with Gasteiger partial charge >= 0.3 is 0 Å². The van der Waals surface area contributed by atoms with Gasteiger partial charge in [-0.2, -0.15) is 0 Å². The second-order valence-electron chi connectivity index (χ2n) is 5.85. The van der Waals surface area contributed by atoms with E-state index in [1.54, 1.807) is 24.3 Å². The molecule has 2 aromatic carbocycles. The van der Waals surface area contributed by atoms with Gasteiger partial charge in [-0.25, -0.2) is 0 Å². The lowest BCUT2D eigenvalue weighted by Crippen LogP contribution is -2.28. The second kappa shape index (κ2) is 8.99. The van der Waals surface area contributed by atoms with E-state index >= 15 is 0 Å². The first-order valence-corrected chi connectivity index (χ1v) is 8.80. The molecule has 0 fully saturated rings. The molecule has 0 spiro atoms. The molecule has 0 saturated heterocycles. The Morgan fingerprint density at radius 3 is 2.54 bits per heavy atom. The summed E-state index contributed by atoms with van der Waals surface area (Å²) in [5, 5.41) is 2.83. The molecular weight excluding hydrogens is 334 g/mol. The number of fused-ring (bicyclic) bond motifs is 1. The van der Waals surface area contributed by atoms with Gasteiger partial charge in [0, 0.05) is 11.6 Å². The minimum Gasteiger partial charge on any atom is -0.494 e. The van der Waals surface area contributed by atoms with Gasteiger partial charge in [-0.05, 0) is 42.8 Å². The second-order valence-corrected chi connectivity index (χ2v) is 5.85. The number of hydrogen-bond acceptors (Lipinski definition) is 5. The first kappa shape index (κ1) is 17.9. The third-order valence-electron chi connectivity index (χ3n) is 3.88. The zero-order chi connectivity index (χ0) is 18.2. The van der Waals surface area contributed by atoms with Crippen molar-refractivity contribution < 1.29 is 23.7 Å². The zero-order valence-corrected chi connectivity index (χ0v) is 14.8. The predicted molar refractivity (Wildman–Crippen MR) is 97.2 cm³/mol. The van der Waals surface area contributed by atoms with E-state index in [1.165, 1.54) is 0 Å². The zero-order valence-electron chi connectivity index (χ0n) is 14.8. The lowest BCUT2D eigenvalue weighted by molar-refractivity contribution is 0.0947. The van der Waals surface area contributed by atoms with E-state index in [2.05, 4.69) is 12.2 Å². The Morgan fingerprint density at radius 1 is 1.00 bits per heavy atom. The number of nitrogens with one attached hydrogen (secondary N) is 1. The number of benzene rings is 2. The fraction of sp³-hybridized carbons (Fsp3) is 0.350. The van der Waals surface area contributed by atoms with E-state index in [9.17, 15) is 4.79 Å². The molecule has 2 aromatic rings. The molecule has 0 aromatic heterocycles. The Labute approximate surface area is 153 Å². The molecule has 0 radical (unpaired) electrons. The number of carbonyl (C=O) groups is 1. The Kier molecular flexibility index (Phi) is 6.19. The molecule has 26 heavy (non-hydrogen) atoms. The van der Waals surface area contributed by atoms with Crippen LogP contribution in [0.4, 0.5) is 0 Å². The van der Waals surface area contributed by atoms with Crippen LogP contribution >= 0.6 is 0 Å². The highest BCUT2D eigenvalue weighted by atomic mass is 16.7. The Balaban J connectivity index is 1.39. The van der Waals surface area contributed by atoms with Gasteiger partial charge in [0.05, 0.1) is 13.2 Å². The lowest BCUT2D eigenvalue weighted by Gasteiger charge is -2.09. The lowest BCUT2D eigenvalue weighted by atomic mass is 10.2. The van der Waals surface area contributed by atoms with Gasteiger partial charge in [-0.3, -0.25) is 4.79 Å². The first-order valence-electron chi connectivity index (χ1n) is 8.80. The quantitative estimate of drug-likeness (QED) is 0.697. The molecule has 6 heteroatoms. The highest BCUT2D eigenvalue weighted by molar-refractivity contribution is 5.94. The van der Waals surface area contributed by atoms with E-state index in [4.69, 9.17) is 18.9 Å². The molecular formula is C20H23NO5. The van der Waals surface area contributed by atoms with Crippen LogP contribution in [0.25, 0.3) is 0 Å². The number of carbonyl (C=O) groups excluding carboxylic acids is 1. The van der Waals surface area contributed by atoms with Crippen LogP contribution in [0.5, 0.6) is 23.0 Å². The topological polar surface area (TPSA) is 66.0 Å². The number of rotatable bonds is 9. The highest BCUT2D eigenvalue weighted by Gasteiger charge is 2.13. The van der Waals surface area contributed by atoms with Crippen molar-refractivity contribution in [2.24, 2.45) is 0 Å². The third-order valence-corrected chi connectivity index (χ3v) is 3.88. The SMILES string of the molecule is CCCCOc1ccc(C(=O)NCCOc2ccc3c(c2)OCO3)cc1. The first-order chi connectivity index (χ1) is 12.8. The minimum absolute atomic E-state index is 0.139. The van der Waals surface area contributed by atoms with Crippen LogP contribution in [0.2, 0.25) is 0 Å². The Morgan fingerprint density at radius 2 is 1.73 bits per heavy atom. The monoisotopic (exact) mass is 357 g/mol. The van der Waals surface area contributed by atoms with Crippen LogP contribution in [0.3, 0.4) is 0 Å². The molecule has 1 amide bonds. The Hall–Kier alpha value is -2.89. The molecule has 0 atom stereocenters. The summed E-state index contributed by atoms with van der Waals surface area (Å²) in [6.45, 7) is 3.81. The largest absolute Gasteiger partial charge is 0.494 e. The van der Waals surface area contributed by atoms with Crippen molar-refractivity contribution in [2.75, 3.05) is 26.6 Å². The average molecular weight is 357 g/mol. The van der Waals surface area contributed by atoms with Crippen molar-refractivity contribution in [3.8, 4) is 23.0 Å². The third kappa shape index (κ3) is 4.81. The molecule has 0 aliphatic carbocycles. The van der Waals surface area contributed by atoms with Crippen LogP contribution in [-0.4, -0.2) is 32.5 Å². The number of amides is 1. The molecule has 3 rings (SSSR count). The number of ether oxygens (including phenoxy) is 4. The maximum absolute atomic E-state index is 12.1. The molecule has 138 valence electrons. The van der Waals surface area contributed by atoms with Gasteiger partial charge in [-0.15, -0.1) is 0 Å². The van der Waals surface area contributed by atoms with Crippen molar-refractivity contribution in [2.45, 2.75) is 19.8 Å². The standard InChI is InChI=1S/C20H23NO5/c1-2-3-11-23-16-6-4-15(5-7-16)20(22)21-10-12-24-17-8-9-18-19(13-17)26-14-25-18/h4-9,13H,2-3,10-12,14H2,1H3,(H,21,22). The van der Waals surface area contributed by atoms with Crippen LogP contribution in [0.15, 0.2) is 42.5 Å². The van der Waals surface area contributed by atoms with Crippen LogP contribution in [0, 0.1) is 0 Å². The van der Waals surface area contributed by atoms with Crippen LogP contribution in [-0.2, 0) is 0 Å². The number of hydrogen-bond donors (Lipinski definition) is 1. The summed E-state index contributed by atoms with van der Waals surface area (Å²) in [6, 6.07) is 12.5. The molecule has 6 nitrogen and oxygen atoms in total. The van der Waals surface area contributed by atoms with Gasteiger partial charge in [-0.1, -0.05) is 13.3 Å². The fourth-order valence-electron chi connectivity index (χ4n) is 2.44. The summed E-state index contributed by atoms with van der Waals surface area (Å²) in [6.07, 6.45) is 2.11. The van der Waals surface area contributed by atoms with E-state index in [-0.39, 0.29) is 12.7 Å². The highest BCUT2D eigenvalue weighted by Crippen LogP contribution is 2.34. The molecule has 0 bridgehead atoms. The van der Waals surface area contributed by atoms with Crippen LogP contribution in [0.1, 0.15) is 30.1 Å². The average Bonchev–Trinajstić information content (AvgIpc) is 3.13. The smallest absolute Gasteiger partial charge is 0.251 e. The van der Waals surface area contributed by atoms with Gasteiger partial charge in [0.15, 0.2) is 11.5 Å². The van der Waals surface area contributed by atoms with E-state index in [0.29, 0.717) is 42.6 Å². The summed E-state index contributed by atoms with van der Waals surface area (Å²) >= 11 is 0. The summed E-state index contributed by atoms with van der Waals surface area (Å²) in [5.74, 6) is 2.71. The number of unbranched alkanes of at least 4 members (excludes halogenated alkanes) is 1. The van der Waals surface area contributed by atoms with Crippen molar-refractivity contribution in [1.82, 2.24) is 5.32 Å².